The number of halogens is 1. The van der Waals surface area contributed by atoms with Gasteiger partial charge in [0.05, 0.1) is 12.0 Å². The molecular formula is C15H21FN2O3. The Bertz CT molecular complexity index is 534. The van der Waals surface area contributed by atoms with E-state index in [1.807, 2.05) is 0 Å². The number of carboxylic acids is 1. The van der Waals surface area contributed by atoms with Crippen LogP contribution in [0.25, 0.3) is 0 Å². The molecule has 3 unspecified atom stereocenters. The smallest absolute Gasteiger partial charge is 0.315 e. The summed E-state index contributed by atoms with van der Waals surface area (Å²) in [5.41, 5.74) is 1.19. The lowest BCUT2D eigenvalue weighted by molar-refractivity contribution is -0.141. The molecule has 0 fully saturated rings. The van der Waals surface area contributed by atoms with Gasteiger partial charge in [0.1, 0.15) is 5.82 Å². The zero-order valence-electron chi connectivity index (χ0n) is 12.6. The molecule has 116 valence electrons. The van der Waals surface area contributed by atoms with Gasteiger partial charge in [-0.2, -0.15) is 0 Å². The van der Waals surface area contributed by atoms with Gasteiger partial charge in [-0.3, -0.25) is 4.79 Å². The topological polar surface area (TPSA) is 78.4 Å². The van der Waals surface area contributed by atoms with Gasteiger partial charge in [-0.25, -0.2) is 9.18 Å². The van der Waals surface area contributed by atoms with Crippen LogP contribution >= 0.6 is 0 Å². The first kappa shape index (κ1) is 16.9. The maximum atomic E-state index is 13.5. The number of urea groups is 1. The van der Waals surface area contributed by atoms with Crippen molar-refractivity contribution in [2.75, 3.05) is 0 Å². The summed E-state index contributed by atoms with van der Waals surface area (Å²) in [6, 6.07) is 3.40. The van der Waals surface area contributed by atoms with Crippen molar-refractivity contribution in [3.05, 3.63) is 35.1 Å². The Balaban J connectivity index is 2.61. The van der Waals surface area contributed by atoms with Crippen LogP contribution in [0.15, 0.2) is 18.2 Å². The van der Waals surface area contributed by atoms with E-state index in [9.17, 15) is 14.0 Å². The minimum Gasteiger partial charge on any atom is -0.481 e. The largest absolute Gasteiger partial charge is 0.481 e. The summed E-state index contributed by atoms with van der Waals surface area (Å²) in [5.74, 6) is -1.99. The number of carbonyl (C=O) groups excluding carboxylic acids is 1. The summed E-state index contributed by atoms with van der Waals surface area (Å²) in [6.07, 6.45) is 0. The van der Waals surface area contributed by atoms with Crippen LogP contribution in [-0.4, -0.2) is 23.1 Å². The van der Waals surface area contributed by atoms with Crippen molar-refractivity contribution in [2.45, 2.75) is 39.8 Å². The fourth-order valence-corrected chi connectivity index (χ4v) is 1.75. The van der Waals surface area contributed by atoms with E-state index in [4.69, 9.17) is 5.11 Å². The van der Waals surface area contributed by atoms with Gasteiger partial charge in [0.25, 0.3) is 0 Å². The molecule has 0 aliphatic rings. The van der Waals surface area contributed by atoms with Gasteiger partial charge in [0, 0.05) is 6.04 Å². The van der Waals surface area contributed by atoms with Crippen molar-refractivity contribution in [1.82, 2.24) is 10.6 Å². The summed E-state index contributed by atoms with van der Waals surface area (Å²) in [6.45, 7) is 6.54. The van der Waals surface area contributed by atoms with E-state index in [0.717, 1.165) is 0 Å². The molecule has 0 spiro atoms. The molecule has 5 nitrogen and oxygen atoms in total. The van der Waals surface area contributed by atoms with E-state index in [-0.39, 0.29) is 11.9 Å². The van der Waals surface area contributed by atoms with Crippen LogP contribution in [0.5, 0.6) is 0 Å². The van der Waals surface area contributed by atoms with E-state index >= 15 is 0 Å². The first-order valence-corrected chi connectivity index (χ1v) is 6.78. The van der Waals surface area contributed by atoms with E-state index in [1.54, 1.807) is 32.9 Å². The molecular weight excluding hydrogens is 275 g/mol. The SMILES string of the molecule is Cc1ccc(C(C)NC(=O)NC(C)C(C)C(=O)O)cc1F. The van der Waals surface area contributed by atoms with Gasteiger partial charge >= 0.3 is 12.0 Å². The maximum Gasteiger partial charge on any atom is 0.315 e. The molecule has 0 aromatic heterocycles. The normalized spacial score (nSPS) is 14.9. The molecule has 3 N–H and O–H groups in total. The summed E-state index contributed by atoms with van der Waals surface area (Å²) in [4.78, 5) is 22.6. The van der Waals surface area contributed by atoms with Crippen LogP contribution in [0.1, 0.15) is 37.9 Å². The lowest BCUT2D eigenvalue weighted by Crippen LogP contribution is -2.45. The second kappa shape index (κ2) is 7.06. The Morgan fingerprint density at radius 1 is 1.19 bits per heavy atom. The standard InChI is InChI=1S/C15H21FN2O3/c1-8-5-6-12(7-13(8)16)11(4)18-15(21)17-10(3)9(2)14(19)20/h5-7,9-11H,1-4H3,(H,19,20)(H2,17,18,21). The van der Waals surface area contributed by atoms with Crippen molar-refractivity contribution in [1.29, 1.82) is 0 Å². The highest BCUT2D eigenvalue weighted by atomic mass is 19.1. The molecule has 1 aromatic carbocycles. The Hall–Kier alpha value is -2.11. The third-order valence-corrected chi connectivity index (χ3v) is 3.54. The number of carbonyl (C=O) groups is 2. The molecule has 0 saturated carbocycles. The number of nitrogens with one attached hydrogen (secondary N) is 2. The molecule has 6 heteroatoms. The van der Waals surface area contributed by atoms with Gasteiger partial charge in [0.15, 0.2) is 0 Å². The molecule has 0 saturated heterocycles. The van der Waals surface area contributed by atoms with Crippen LogP contribution in [0.4, 0.5) is 9.18 Å². The lowest BCUT2D eigenvalue weighted by atomic mass is 10.0. The molecule has 1 rings (SSSR count). The molecule has 3 atom stereocenters. The van der Waals surface area contributed by atoms with Gasteiger partial charge in [0.2, 0.25) is 0 Å². The zero-order chi connectivity index (χ0) is 16.2. The molecule has 0 aliphatic heterocycles. The number of aliphatic carboxylic acids is 1. The van der Waals surface area contributed by atoms with Crippen LogP contribution < -0.4 is 10.6 Å². The third-order valence-electron chi connectivity index (χ3n) is 3.54. The van der Waals surface area contributed by atoms with Gasteiger partial charge in [-0.15, -0.1) is 0 Å². The van der Waals surface area contributed by atoms with E-state index < -0.39 is 24.0 Å². The minimum atomic E-state index is -0.976. The van der Waals surface area contributed by atoms with Crippen molar-refractivity contribution in [2.24, 2.45) is 5.92 Å². The molecule has 2 amide bonds. The van der Waals surface area contributed by atoms with Crippen LogP contribution in [0, 0.1) is 18.7 Å². The maximum absolute atomic E-state index is 13.5. The highest BCUT2D eigenvalue weighted by Gasteiger charge is 2.21. The van der Waals surface area contributed by atoms with E-state index in [2.05, 4.69) is 10.6 Å². The van der Waals surface area contributed by atoms with Crippen molar-refractivity contribution in [3.63, 3.8) is 0 Å². The fraction of sp³-hybridized carbons (Fsp3) is 0.467. The Morgan fingerprint density at radius 2 is 1.81 bits per heavy atom. The van der Waals surface area contributed by atoms with Gasteiger partial charge in [-0.05, 0) is 44.9 Å². The number of rotatable bonds is 5. The average molecular weight is 296 g/mol. The fourth-order valence-electron chi connectivity index (χ4n) is 1.75. The highest BCUT2D eigenvalue weighted by Crippen LogP contribution is 2.16. The Labute approximate surface area is 123 Å². The number of amides is 2. The Kier molecular flexibility index (Phi) is 5.69. The number of hydrogen-bond donors (Lipinski definition) is 3. The van der Waals surface area contributed by atoms with E-state index in [0.29, 0.717) is 11.1 Å². The second-order valence-electron chi connectivity index (χ2n) is 5.26. The van der Waals surface area contributed by atoms with Gasteiger partial charge in [-0.1, -0.05) is 12.1 Å². The number of hydrogen-bond acceptors (Lipinski definition) is 2. The zero-order valence-corrected chi connectivity index (χ0v) is 12.6. The molecule has 0 aliphatic carbocycles. The molecule has 21 heavy (non-hydrogen) atoms. The van der Waals surface area contributed by atoms with Crippen LogP contribution in [0.2, 0.25) is 0 Å². The summed E-state index contributed by atoms with van der Waals surface area (Å²) in [5, 5.41) is 14.1. The minimum absolute atomic E-state index is 0.325. The predicted molar refractivity (Wildman–Crippen MR) is 77.5 cm³/mol. The van der Waals surface area contributed by atoms with Crippen molar-refractivity contribution in [3.8, 4) is 0 Å². The van der Waals surface area contributed by atoms with Gasteiger partial charge < -0.3 is 15.7 Å². The predicted octanol–water partition coefficient (Wildman–Crippen LogP) is 2.60. The molecule has 0 heterocycles. The number of aryl methyl sites for hydroxylation is 1. The first-order valence-electron chi connectivity index (χ1n) is 6.78. The lowest BCUT2D eigenvalue weighted by Gasteiger charge is -2.21. The quantitative estimate of drug-likeness (QED) is 0.781. The number of benzene rings is 1. The van der Waals surface area contributed by atoms with Crippen LogP contribution in [0.3, 0.4) is 0 Å². The molecule has 1 aromatic rings. The van der Waals surface area contributed by atoms with E-state index in [1.165, 1.54) is 13.0 Å². The monoisotopic (exact) mass is 296 g/mol. The summed E-state index contributed by atoms with van der Waals surface area (Å²) < 4.78 is 13.5. The summed E-state index contributed by atoms with van der Waals surface area (Å²) >= 11 is 0. The average Bonchev–Trinajstić information content (AvgIpc) is 2.40. The molecule has 0 bridgehead atoms. The first-order chi connectivity index (χ1) is 9.72. The molecule has 0 radical (unpaired) electrons. The van der Waals surface area contributed by atoms with Crippen molar-refractivity contribution >= 4 is 12.0 Å². The highest BCUT2D eigenvalue weighted by molar-refractivity contribution is 5.76. The third kappa shape index (κ3) is 4.73. The number of carboxylic acid groups (broad SMARTS) is 1. The van der Waals surface area contributed by atoms with Crippen LogP contribution in [-0.2, 0) is 4.79 Å². The second-order valence-corrected chi connectivity index (χ2v) is 5.26. The summed E-state index contributed by atoms with van der Waals surface area (Å²) in [7, 11) is 0. The Morgan fingerprint density at radius 3 is 2.33 bits per heavy atom. The van der Waals surface area contributed by atoms with Crippen molar-refractivity contribution < 1.29 is 19.1 Å².